The molecule has 1 aromatic heterocycles. The number of carbonyl (C=O) groups excluding carboxylic acids is 2. The van der Waals surface area contributed by atoms with Crippen molar-refractivity contribution < 1.29 is 19.4 Å². The van der Waals surface area contributed by atoms with Crippen LogP contribution in [0.25, 0.3) is 5.76 Å². The molecular weight excluding hydrogens is 380 g/mol. The number of carbonyl (C=O) groups is 2. The van der Waals surface area contributed by atoms with Crippen LogP contribution in [-0.2, 0) is 16.0 Å². The molecule has 0 radical (unpaired) electrons. The minimum Gasteiger partial charge on any atom is -0.507 e. The number of hydrogen-bond acceptors (Lipinski definition) is 5. The summed E-state index contributed by atoms with van der Waals surface area (Å²) in [4.78, 5) is 31.6. The molecule has 1 unspecified atom stereocenters. The quantitative estimate of drug-likeness (QED) is 0.414. The van der Waals surface area contributed by atoms with Crippen LogP contribution in [0.3, 0.4) is 0 Å². The summed E-state index contributed by atoms with van der Waals surface area (Å²) in [6.45, 7) is 0.591. The number of anilines is 1. The molecule has 1 saturated heterocycles. The van der Waals surface area contributed by atoms with Crippen LogP contribution >= 0.6 is 0 Å². The Labute approximate surface area is 173 Å². The topological polar surface area (TPSA) is 79.7 Å². The average Bonchev–Trinajstić information content (AvgIpc) is 3.36. The first-order chi connectivity index (χ1) is 14.6. The van der Waals surface area contributed by atoms with Gasteiger partial charge in [-0.3, -0.25) is 19.5 Å². The second-order valence-electron chi connectivity index (χ2n) is 7.21. The maximum absolute atomic E-state index is 13.1. The lowest BCUT2D eigenvalue weighted by molar-refractivity contribution is -0.132. The Bertz CT molecular complexity index is 1170. The van der Waals surface area contributed by atoms with E-state index in [0.29, 0.717) is 23.4 Å². The van der Waals surface area contributed by atoms with Gasteiger partial charge in [0.2, 0.25) is 0 Å². The SMILES string of the molecule is O=C1C(=O)N(c2ccccc2)C(c2cccnc2)/C1=C(/O)c1ccc2c(c1)CCO2. The van der Waals surface area contributed by atoms with Crippen molar-refractivity contribution in [2.24, 2.45) is 0 Å². The average molecular weight is 398 g/mol. The van der Waals surface area contributed by atoms with Crippen molar-refractivity contribution in [1.82, 2.24) is 4.98 Å². The van der Waals surface area contributed by atoms with Crippen molar-refractivity contribution in [2.45, 2.75) is 12.5 Å². The number of rotatable bonds is 3. The fourth-order valence-corrected chi connectivity index (χ4v) is 4.03. The van der Waals surface area contributed by atoms with E-state index in [0.717, 1.165) is 17.7 Å². The molecule has 0 saturated carbocycles. The lowest BCUT2D eigenvalue weighted by Crippen LogP contribution is -2.29. The van der Waals surface area contributed by atoms with Gasteiger partial charge in [0.15, 0.2) is 0 Å². The molecular formula is C24H18N2O4. The molecule has 1 N–H and O–H groups in total. The summed E-state index contributed by atoms with van der Waals surface area (Å²) in [7, 11) is 0. The molecule has 5 rings (SSSR count). The van der Waals surface area contributed by atoms with E-state index in [-0.39, 0.29) is 11.3 Å². The predicted octanol–water partition coefficient (Wildman–Crippen LogP) is 3.64. The molecule has 6 heteroatoms. The molecule has 3 heterocycles. The minimum atomic E-state index is -0.773. The van der Waals surface area contributed by atoms with Crippen LogP contribution in [-0.4, -0.2) is 28.4 Å². The number of ketones is 1. The van der Waals surface area contributed by atoms with Gasteiger partial charge in [0.1, 0.15) is 11.5 Å². The second kappa shape index (κ2) is 7.15. The van der Waals surface area contributed by atoms with Crippen molar-refractivity contribution in [1.29, 1.82) is 0 Å². The summed E-state index contributed by atoms with van der Waals surface area (Å²) >= 11 is 0. The number of para-hydroxylation sites is 1. The summed E-state index contributed by atoms with van der Waals surface area (Å²) in [5, 5.41) is 11.2. The van der Waals surface area contributed by atoms with E-state index in [2.05, 4.69) is 4.98 Å². The van der Waals surface area contributed by atoms with E-state index in [4.69, 9.17) is 4.74 Å². The molecule has 6 nitrogen and oxygen atoms in total. The largest absolute Gasteiger partial charge is 0.507 e. The Morgan fingerprint density at radius 2 is 1.90 bits per heavy atom. The van der Waals surface area contributed by atoms with Crippen LogP contribution in [0.1, 0.15) is 22.7 Å². The Hall–Kier alpha value is -3.93. The monoisotopic (exact) mass is 398 g/mol. The van der Waals surface area contributed by atoms with Crippen molar-refractivity contribution in [3.05, 3.63) is 95.3 Å². The predicted molar refractivity (Wildman–Crippen MR) is 111 cm³/mol. The highest BCUT2D eigenvalue weighted by molar-refractivity contribution is 6.51. The molecule has 30 heavy (non-hydrogen) atoms. The van der Waals surface area contributed by atoms with E-state index >= 15 is 0 Å². The van der Waals surface area contributed by atoms with Gasteiger partial charge in [0, 0.05) is 30.1 Å². The van der Waals surface area contributed by atoms with Crippen LogP contribution in [0.5, 0.6) is 5.75 Å². The smallest absolute Gasteiger partial charge is 0.300 e. The number of ether oxygens (including phenoxy) is 1. The zero-order valence-corrected chi connectivity index (χ0v) is 16.0. The number of aromatic nitrogens is 1. The van der Waals surface area contributed by atoms with Crippen molar-refractivity contribution in [3.8, 4) is 5.75 Å². The minimum absolute atomic E-state index is 0.0516. The van der Waals surface area contributed by atoms with Gasteiger partial charge in [-0.15, -0.1) is 0 Å². The van der Waals surface area contributed by atoms with Gasteiger partial charge in [-0.1, -0.05) is 24.3 Å². The van der Waals surface area contributed by atoms with Gasteiger partial charge in [0.25, 0.3) is 11.7 Å². The zero-order chi connectivity index (χ0) is 20.7. The highest BCUT2D eigenvalue weighted by atomic mass is 16.5. The summed E-state index contributed by atoms with van der Waals surface area (Å²) < 4.78 is 5.53. The fraction of sp³-hybridized carbons (Fsp3) is 0.125. The molecule has 1 atom stereocenters. The fourth-order valence-electron chi connectivity index (χ4n) is 4.03. The van der Waals surface area contributed by atoms with Crippen molar-refractivity contribution in [2.75, 3.05) is 11.5 Å². The summed E-state index contributed by atoms with van der Waals surface area (Å²) in [6.07, 6.45) is 3.97. The number of amides is 1. The Kier molecular flexibility index (Phi) is 4.32. The number of hydrogen-bond donors (Lipinski definition) is 1. The third-order valence-electron chi connectivity index (χ3n) is 5.44. The van der Waals surface area contributed by atoms with Crippen LogP contribution in [0, 0.1) is 0 Å². The summed E-state index contributed by atoms with van der Waals surface area (Å²) in [6, 6.07) is 17.0. The number of nitrogens with zero attached hydrogens (tertiary/aromatic N) is 2. The van der Waals surface area contributed by atoms with Gasteiger partial charge in [0.05, 0.1) is 18.2 Å². The van der Waals surface area contributed by atoms with E-state index < -0.39 is 17.7 Å². The standard InChI is InChI=1S/C24H18N2O4/c27-22(16-8-9-19-15(13-16)10-12-30-19)20-21(17-5-4-11-25-14-17)26(24(29)23(20)28)18-6-2-1-3-7-18/h1-9,11,13-14,21,27H,10,12H2/b22-20-. The number of aliphatic hydroxyl groups is 1. The van der Waals surface area contributed by atoms with Crippen LogP contribution in [0.4, 0.5) is 5.69 Å². The first-order valence-corrected chi connectivity index (χ1v) is 9.67. The number of Topliss-reactive ketones (excluding diaryl/α,β-unsaturated/α-hetero) is 1. The molecule has 3 aromatic rings. The van der Waals surface area contributed by atoms with Crippen LogP contribution in [0.2, 0.25) is 0 Å². The van der Waals surface area contributed by atoms with Gasteiger partial charge in [-0.05, 0) is 47.5 Å². The first kappa shape index (κ1) is 18.1. The third kappa shape index (κ3) is 2.85. The molecule has 1 fully saturated rings. The zero-order valence-electron chi connectivity index (χ0n) is 16.0. The van der Waals surface area contributed by atoms with Crippen LogP contribution in [0.15, 0.2) is 78.6 Å². The number of fused-ring (bicyclic) bond motifs is 1. The maximum Gasteiger partial charge on any atom is 0.300 e. The van der Waals surface area contributed by atoms with E-state index in [9.17, 15) is 14.7 Å². The summed E-state index contributed by atoms with van der Waals surface area (Å²) in [5.41, 5.74) is 2.73. The Morgan fingerprint density at radius 1 is 1.07 bits per heavy atom. The summed E-state index contributed by atoms with van der Waals surface area (Å²) in [5.74, 6) is -0.821. The molecule has 0 bridgehead atoms. The van der Waals surface area contributed by atoms with Crippen molar-refractivity contribution in [3.63, 3.8) is 0 Å². The molecule has 0 spiro atoms. The number of aliphatic hydroxyl groups excluding tert-OH is 1. The van der Waals surface area contributed by atoms with Gasteiger partial charge in [-0.25, -0.2) is 0 Å². The van der Waals surface area contributed by atoms with Gasteiger partial charge in [-0.2, -0.15) is 0 Å². The van der Waals surface area contributed by atoms with E-state index in [1.807, 2.05) is 12.1 Å². The second-order valence-corrected chi connectivity index (χ2v) is 7.21. The maximum atomic E-state index is 13.1. The first-order valence-electron chi connectivity index (χ1n) is 9.67. The highest BCUT2D eigenvalue weighted by Crippen LogP contribution is 2.42. The molecule has 148 valence electrons. The molecule has 2 aliphatic heterocycles. The van der Waals surface area contributed by atoms with Crippen molar-refractivity contribution >= 4 is 23.1 Å². The lowest BCUT2D eigenvalue weighted by atomic mass is 9.95. The van der Waals surface area contributed by atoms with Gasteiger partial charge < -0.3 is 9.84 Å². The normalized spacial score (nSPS) is 19.6. The molecule has 0 aliphatic carbocycles. The van der Waals surface area contributed by atoms with E-state index in [1.165, 1.54) is 4.90 Å². The number of pyridine rings is 1. The number of benzene rings is 2. The highest BCUT2D eigenvalue weighted by Gasteiger charge is 2.47. The Morgan fingerprint density at radius 3 is 2.67 bits per heavy atom. The molecule has 2 aromatic carbocycles. The Balaban J connectivity index is 1.70. The molecule has 1 amide bonds. The van der Waals surface area contributed by atoms with Gasteiger partial charge >= 0.3 is 0 Å². The van der Waals surface area contributed by atoms with E-state index in [1.54, 1.807) is 60.9 Å². The lowest BCUT2D eigenvalue weighted by Gasteiger charge is -2.25. The molecule has 2 aliphatic rings. The van der Waals surface area contributed by atoms with Crippen LogP contribution < -0.4 is 9.64 Å². The third-order valence-corrected chi connectivity index (χ3v) is 5.44.